The lowest BCUT2D eigenvalue weighted by molar-refractivity contribution is -0.140. The van der Waals surface area contributed by atoms with Crippen molar-refractivity contribution in [2.45, 2.75) is 19.8 Å². The van der Waals surface area contributed by atoms with E-state index in [9.17, 15) is 4.79 Å². The molecule has 0 spiro atoms. The monoisotopic (exact) mass is 290 g/mol. The van der Waals surface area contributed by atoms with Gasteiger partial charge in [-0.25, -0.2) is 9.97 Å². The summed E-state index contributed by atoms with van der Waals surface area (Å²) in [6, 6.07) is 7.90. The number of esters is 1. The van der Waals surface area contributed by atoms with Crippen molar-refractivity contribution in [2.75, 3.05) is 7.11 Å². The highest BCUT2D eigenvalue weighted by Gasteiger charge is 2.09. The first-order valence-corrected chi connectivity index (χ1v) is 6.63. The lowest BCUT2D eigenvalue weighted by Crippen LogP contribution is -2.03. The van der Waals surface area contributed by atoms with Crippen LogP contribution in [0, 0.1) is 6.92 Å². The van der Waals surface area contributed by atoms with E-state index in [1.54, 1.807) is 6.20 Å². The number of aryl methyl sites for hydroxylation is 2. The molecule has 0 aliphatic heterocycles. The highest BCUT2D eigenvalue weighted by Crippen LogP contribution is 2.20. The molecule has 5 heteroatoms. The molecule has 0 radical (unpaired) electrons. The molecular formula is C15H15ClN2O2. The average molecular weight is 291 g/mol. The van der Waals surface area contributed by atoms with Gasteiger partial charge in [0.2, 0.25) is 0 Å². The Morgan fingerprint density at radius 1 is 1.30 bits per heavy atom. The van der Waals surface area contributed by atoms with E-state index in [1.807, 2.05) is 31.2 Å². The highest BCUT2D eigenvalue weighted by atomic mass is 35.5. The molecule has 1 heterocycles. The number of halogens is 1. The fourth-order valence-corrected chi connectivity index (χ4v) is 1.96. The van der Waals surface area contributed by atoms with Gasteiger partial charge in [0.15, 0.2) is 5.82 Å². The van der Waals surface area contributed by atoms with Crippen LogP contribution in [0.2, 0.25) is 5.15 Å². The molecule has 1 aromatic heterocycles. The van der Waals surface area contributed by atoms with Gasteiger partial charge < -0.3 is 4.74 Å². The number of carbonyl (C=O) groups excluding carboxylic acids is 1. The average Bonchev–Trinajstić information content (AvgIpc) is 2.46. The Kier molecular flexibility index (Phi) is 4.69. The molecule has 0 saturated carbocycles. The van der Waals surface area contributed by atoms with Crippen LogP contribution in [0.5, 0.6) is 0 Å². The van der Waals surface area contributed by atoms with Crippen LogP contribution < -0.4 is 0 Å². The Labute approximate surface area is 122 Å². The summed E-state index contributed by atoms with van der Waals surface area (Å²) in [5.41, 5.74) is 2.83. The Morgan fingerprint density at radius 2 is 2.00 bits per heavy atom. The summed E-state index contributed by atoms with van der Waals surface area (Å²) in [6.45, 7) is 2.02. The fourth-order valence-electron chi connectivity index (χ4n) is 1.73. The molecule has 0 unspecified atom stereocenters. The third kappa shape index (κ3) is 3.54. The molecule has 0 aliphatic rings. The first kappa shape index (κ1) is 14.5. The molecule has 0 aliphatic carbocycles. The van der Waals surface area contributed by atoms with E-state index in [0.717, 1.165) is 11.1 Å². The number of ether oxygens (including phenoxy) is 1. The predicted octanol–water partition coefficient (Wildman–Crippen LogP) is 3.21. The van der Waals surface area contributed by atoms with Crippen LogP contribution in [0.4, 0.5) is 0 Å². The van der Waals surface area contributed by atoms with Gasteiger partial charge in [-0.15, -0.1) is 0 Å². The lowest BCUT2D eigenvalue weighted by Gasteiger charge is -2.05. The van der Waals surface area contributed by atoms with Crippen LogP contribution in [-0.2, 0) is 16.0 Å². The van der Waals surface area contributed by atoms with E-state index in [-0.39, 0.29) is 12.4 Å². The van der Waals surface area contributed by atoms with Crippen molar-refractivity contribution in [3.05, 3.63) is 46.7 Å². The third-order valence-electron chi connectivity index (χ3n) is 2.95. The van der Waals surface area contributed by atoms with Crippen LogP contribution in [0.1, 0.15) is 17.5 Å². The van der Waals surface area contributed by atoms with Gasteiger partial charge in [-0.05, 0) is 13.3 Å². The van der Waals surface area contributed by atoms with Crippen molar-refractivity contribution in [1.29, 1.82) is 0 Å². The zero-order valence-electron chi connectivity index (χ0n) is 11.4. The summed E-state index contributed by atoms with van der Waals surface area (Å²) < 4.78 is 4.59. The van der Waals surface area contributed by atoms with Gasteiger partial charge in [0.25, 0.3) is 0 Å². The van der Waals surface area contributed by atoms with E-state index in [1.165, 1.54) is 12.7 Å². The Morgan fingerprint density at radius 3 is 2.60 bits per heavy atom. The minimum absolute atomic E-state index is 0.267. The molecule has 4 nitrogen and oxygen atoms in total. The highest BCUT2D eigenvalue weighted by molar-refractivity contribution is 6.30. The summed E-state index contributed by atoms with van der Waals surface area (Å²) >= 11 is 6.13. The Hall–Kier alpha value is -1.94. The molecule has 104 valence electrons. The fraction of sp³-hybridized carbons (Fsp3) is 0.267. The number of hydrogen-bond acceptors (Lipinski definition) is 4. The van der Waals surface area contributed by atoms with Crippen LogP contribution in [0.3, 0.4) is 0 Å². The van der Waals surface area contributed by atoms with Crippen molar-refractivity contribution < 1.29 is 9.53 Å². The smallest absolute Gasteiger partial charge is 0.305 e. The molecule has 0 atom stereocenters. The van der Waals surface area contributed by atoms with Gasteiger partial charge in [0, 0.05) is 23.7 Å². The zero-order valence-corrected chi connectivity index (χ0v) is 12.1. The largest absolute Gasteiger partial charge is 0.469 e. The minimum Gasteiger partial charge on any atom is -0.469 e. The molecule has 2 aromatic rings. The molecule has 2 rings (SSSR count). The standard InChI is InChI=1S/C15H15ClN2O2/c1-10-3-5-11(6-4-10)15-17-9-12(14(16)18-15)7-8-13(19)20-2/h3-6,9H,7-8H2,1-2H3. The summed E-state index contributed by atoms with van der Waals surface area (Å²) in [4.78, 5) is 19.7. The van der Waals surface area contributed by atoms with E-state index in [2.05, 4.69) is 14.7 Å². The topological polar surface area (TPSA) is 52.1 Å². The number of carbonyl (C=O) groups is 1. The first-order chi connectivity index (χ1) is 9.60. The van der Waals surface area contributed by atoms with Crippen LogP contribution in [-0.4, -0.2) is 23.0 Å². The van der Waals surface area contributed by atoms with E-state index >= 15 is 0 Å². The van der Waals surface area contributed by atoms with Gasteiger partial charge >= 0.3 is 5.97 Å². The van der Waals surface area contributed by atoms with Crippen molar-refractivity contribution in [3.8, 4) is 11.4 Å². The second-order valence-corrected chi connectivity index (χ2v) is 4.81. The number of methoxy groups -OCH3 is 1. The Balaban J connectivity index is 2.17. The maximum Gasteiger partial charge on any atom is 0.305 e. The summed E-state index contributed by atoms with van der Waals surface area (Å²) in [7, 11) is 1.36. The SMILES string of the molecule is COC(=O)CCc1cnc(-c2ccc(C)cc2)nc1Cl. The minimum atomic E-state index is -0.274. The maximum atomic E-state index is 11.1. The molecule has 0 amide bonds. The predicted molar refractivity (Wildman–Crippen MR) is 77.6 cm³/mol. The lowest BCUT2D eigenvalue weighted by atomic mass is 10.1. The molecule has 0 bridgehead atoms. The molecule has 0 N–H and O–H groups in total. The van der Waals surface area contributed by atoms with Crippen molar-refractivity contribution >= 4 is 17.6 Å². The molecule has 1 aromatic carbocycles. The summed E-state index contributed by atoms with van der Waals surface area (Å²) in [5.74, 6) is 0.306. The summed E-state index contributed by atoms with van der Waals surface area (Å²) in [6.07, 6.45) is 2.40. The number of aromatic nitrogens is 2. The van der Waals surface area contributed by atoms with Gasteiger partial charge in [-0.2, -0.15) is 0 Å². The van der Waals surface area contributed by atoms with Gasteiger partial charge in [0.05, 0.1) is 7.11 Å². The quantitative estimate of drug-likeness (QED) is 0.641. The second-order valence-electron chi connectivity index (χ2n) is 4.45. The van der Waals surface area contributed by atoms with Gasteiger partial charge in [-0.3, -0.25) is 4.79 Å². The van der Waals surface area contributed by atoms with Crippen molar-refractivity contribution in [1.82, 2.24) is 9.97 Å². The molecule has 20 heavy (non-hydrogen) atoms. The number of hydrogen-bond donors (Lipinski definition) is 0. The summed E-state index contributed by atoms with van der Waals surface area (Å²) in [5, 5.41) is 0.375. The van der Waals surface area contributed by atoms with E-state index < -0.39 is 0 Å². The maximum absolute atomic E-state index is 11.1. The third-order valence-corrected chi connectivity index (χ3v) is 3.27. The molecule has 0 saturated heterocycles. The number of benzene rings is 1. The van der Waals surface area contributed by atoms with Crippen molar-refractivity contribution in [3.63, 3.8) is 0 Å². The first-order valence-electron chi connectivity index (χ1n) is 6.25. The van der Waals surface area contributed by atoms with Gasteiger partial charge in [0.1, 0.15) is 5.15 Å². The second kappa shape index (κ2) is 6.48. The van der Waals surface area contributed by atoms with E-state index in [4.69, 9.17) is 11.6 Å². The zero-order chi connectivity index (χ0) is 14.5. The van der Waals surface area contributed by atoms with Crippen LogP contribution in [0.25, 0.3) is 11.4 Å². The molecule has 0 fully saturated rings. The van der Waals surface area contributed by atoms with Gasteiger partial charge in [-0.1, -0.05) is 41.4 Å². The van der Waals surface area contributed by atoms with Crippen LogP contribution in [0.15, 0.2) is 30.5 Å². The Bertz CT molecular complexity index is 612. The normalized spacial score (nSPS) is 10.3. The van der Waals surface area contributed by atoms with Crippen molar-refractivity contribution in [2.24, 2.45) is 0 Å². The van der Waals surface area contributed by atoms with Crippen LogP contribution >= 0.6 is 11.6 Å². The number of nitrogens with zero attached hydrogens (tertiary/aromatic N) is 2. The molecular weight excluding hydrogens is 276 g/mol. The number of rotatable bonds is 4. The van der Waals surface area contributed by atoms with E-state index in [0.29, 0.717) is 17.4 Å².